The van der Waals surface area contributed by atoms with Gasteiger partial charge in [0.05, 0.1) is 5.56 Å². The van der Waals surface area contributed by atoms with Gasteiger partial charge in [-0.25, -0.2) is 0 Å². The van der Waals surface area contributed by atoms with Gasteiger partial charge in [-0.15, -0.1) is 23.5 Å². The molecule has 5 nitrogen and oxygen atoms in total. The maximum Gasteiger partial charge on any atom is 0.416 e. The number of carbonyl (C=O) groups is 2. The summed E-state index contributed by atoms with van der Waals surface area (Å²) in [5.74, 6) is -1.19. The number of halogens is 3. The lowest BCUT2D eigenvalue weighted by Crippen LogP contribution is -2.73. The van der Waals surface area contributed by atoms with E-state index >= 15 is 0 Å². The van der Waals surface area contributed by atoms with Crippen molar-refractivity contribution in [3.8, 4) is 0 Å². The molecule has 1 aromatic carbocycles. The maximum atomic E-state index is 12.6. The van der Waals surface area contributed by atoms with Gasteiger partial charge in [-0.3, -0.25) is 9.59 Å². The van der Waals surface area contributed by atoms with Crippen molar-refractivity contribution in [3.63, 3.8) is 0 Å². The van der Waals surface area contributed by atoms with Crippen molar-refractivity contribution in [3.05, 3.63) is 29.8 Å². The van der Waals surface area contributed by atoms with Crippen LogP contribution in [0.15, 0.2) is 29.2 Å². The van der Waals surface area contributed by atoms with Crippen molar-refractivity contribution in [1.29, 1.82) is 0 Å². The van der Waals surface area contributed by atoms with Crippen molar-refractivity contribution in [2.75, 3.05) is 12.3 Å². The monoisotopic (exact) mass is 378 g/mol. The lowest BCUT2D eigenvalue weighted by molar-refractivity contribution is -0.148. The Kier molecular flexibility index (Phi) is 4.25. The maximum absolute atomic E-state index is 12.6. The normalized spacial score (nSPS) is 29.8. The number of hydrogen-bond acceptors (Lipinski definition) is 5. The molecule has 0 radical (unpaired) electrons. The first kappa shape index (κ1) is 17.4. The third kappa shape index (κ3) is 2.86. The summed E-state index contributed by atoms with van der Waals surface area (Å²) in [6, 6.07) is 3.72. The number of benzene rings is 1. The Morgan fingerprint density at radius 3 is 2.54 bits per heavy atom. The number of carbonyl (C=O) groups excluding carboxylic acids is 1. The van der Waals surface area contributed by atoms with Crippen LogP contribution in [0.4, 0.5) is 13.2 Å². The summed E-state index contributed by atoms with van der Waals surface area (Å²) < 4.78 is 36.5. The standard InChI is InChI=1S/C14H13F3N2O3S2/c15-14(16,17)7-1-3-8(4-2-7)24-13(12(21)22)5-19-10(20)9(18)11(19)23-6-13/h1-4,9,11H,5-6,18H2,(H,21,22)/t9?,11-,13?/m1/s1. The van der Waals surface area contributed by atoms with Crippen LogP contribution in [-0.4, -0.2) is 50.3 Å². The van der Waals surface area contributed by atoms with Gasteiger partial charge in [-0.05, 0) is 24.3 Å². The summed E-state index contributed by atoms with van der Waals surface area (Å²) in [6.45, 7) is -0.0157. The van der Waals surface area contributed by atoms with Crippen LogP contribution >= 0.6 is 23.5 Å². The molecule has 0 aromatic heterocycles. The van der Waals surface area contributed by atoms with Crippen LogP contribution in [-0.2, 0) is 15.8 Å². The molecule has 2 aliphatic rings. The van der Waals surface area contributed by atoms with E-state index in [0.29, 0.717) is 4.90 Å². The van der Waals surface area contributed by atoms with Crippen molar-refractivity contribution >= 4 is 35.4 Å². The number of thioether (sulfide) groups is 2. The molecule has 0 saturated carbocycles. The van der Waals surface area contributed by atoms with Crippen molar-refractivity contribution in [2.24, 2.45) is 5.73 Å². The summed E-state index contributed by atoms with van der Waals surface area (Å²) in [7, 11) is 0. The molecule has 2 heterocycles. The predicted molar refractivity (Wildman–Crippen MR) is 83.6 cm³/mol. The number of alkyl halides is 3. The van der Waals surface area contributed by atoms with E-state index < -0.39 is 28.5 Å². The molecule has 3 N–H and O–H groups in total. The Labute approximate surface area is 143 Å². The van der Waals surface area contributed by atoms with Gasteiger partial charge in [-0.2, -0.15) is 13.2 Å². The number of carboxylic acids is 1. The van der Waals surface area contributed by atoms with Crippen LogP contribution < -0.4 is 5.73 Å². The first-order chi connectivity index (χ1) is 11.1. The fraction of sp³-hybridized carbons (Fsp3) is 0.429. The molecule has 3 rings (SSSR count). The van der Waals surface area contributed by atoms with E-state index in [9.17, 15) is 27.9 Å². The molecule has 3 atom stereocenters. The second kappa shape index (κ2) is 5.85. The van der Waals surface area contributed by atoms with Gasteiger partial charge in [0.2, 0.25) is 5.91 Å². The molecular weight excluding hydrogens is 365 g/mol. The number of carboxylic acid groups (broad SMARTS) is 1. The predicted octanol–water partition coefficient (Wildman–Crippen LogP) is 1.86. The van der Waals surface area contributed by atoms with Gasteiger partial charge in [-0.1, -0.05) is 0 Å². The smallest absolute Gasteiger partial charge is 0.416 e. The van der Waals surface area contributed by atoms with Gasteiger partial charge >= 0.3 is 12.1 Å². The van der Waals surface area contributed by atoms with Crippen molar-refractivity contribution < 1.29 is 27.9 Å². The zero-order valence-corrected chi connectivity index (χ0v) is 13.7. The molecule has 10 heteroatoms. The van der Waals surface area contributed by atoms with E-state index in [1.165, 1.54) is 28.8 Å². The van der Waals surface area contributed by atoms with Gasteiger partial charge in [0.15, 0.2) is 0 Å². The first-order valence-electron chi connectivity index (χ1n) is 6.91. The van der Waals surface area contributed by atoms with E-state index in [4.69, 9.17) is 5.73 Å². The molecular formula is C14H13F3N2O3S2. The summed E-state index contributed by atoms with van der Waals surface area (Å²) >= 11 is 2.25. The highest BCUT2D eigenvalue weighted by Gasteiger charge is 2.56. The zero-order valence-electron chi connectivity index (χ0n) is 12.1. The molecule has 130 valence electrons. The van der Waals surface area contributed by atoms with Crippen LogP contribution in [0.3, 0.4) is 0 Å². The van der Waals surface area contributed by atoms with Crippen LogP contribution in [0.5, 0.6) is 0 Å². The molecule has 2 aliphatic heterocycles. The van der Waals surface area contributed by atoms with E-state index in [0.717, 1.165) is 23.9 Å². The molecule has 2 unspecified atom stereocenters. The third-order valence-electron chi connectivity index (χ3n) is 3.98. The number of hydrogen-bond donors (Lipinski definition) is 2. The molecule has 2 saturated heterocycles. The first-order valence-corrected chi connectivity index (χ1v) is 8.78. The zero-order chi connectivity index (χ0) is 17.7. The van der Waals surface area contributed by atoms with Gasteiger partial charge in [0, 0.05) is 17.2 Å². The number of aliphatic carboxylic acids is 1. The molecule has 1 amide bonds. The lowest BCUT2D eigenvalue weighted by atomic mass is 10.0. The Morgan fingerprint density at radius 1 is 1.38 bits per heavy atom. The van der Waals surface area contributed by atoms with Crippen LogP contribution in [0, 0.1) is 0 Å². The van der Waals surface area contributed by atoms with Crippen LogP contribution in [0.2, 0.25) is 0 Å². The van der Waals surface area contributed by atoms with Gasteiger partial charge in [0.1, 0.15) is 16.2 Å². The highest BCUT2D eigenvalue weighted by Crippen LogP contribution is 2.46. The van der Waals surface area contributed by atoms with Gasteiger partial charge < -0.3 is 15.7 Å². The fourth-order valence-electron chi connectivity index (χ4n) is 2.63. The molecule has 2 fully saturated rings. The number of rotatable bonds is 3. The second-order valence-electron chi connectivity index (χ2n) is 5.62. The number of β-lactam (4-membered cyclic amide) rings is 1. The summed E-state index contributed by atoms with van der Waals surface area (Å²) in [6.07, 6.45) is -4.44. The number of fused-ring (bicyclic) bond motifs is 1. The highest BCUT2D eigenvalue weighted by atomic mass is 32.2. The summed E-state index contributed by atoms with van der Waals surface area (Å²) in [4.78, 5) is 25.4. The molecule has 24 heavy (non-hydrogen) atoms. The van der Waals surface area contributed by atoms with Gasteiger partial charge in [0.25, 0.3) is 0 Å². The lowest BCUT2D eigenvalue weighted by Gasteiger charge is -2.52. The molecule has 0 bridgehead atoms. The largest absolute Gasteiger partial charge is 0.480 e. The summed E-state index contributed by atoms with van der Waals surface area (Å²) in [5.41, 5.74) is 4.89. The Bertz CT molecular complexity index is 683. The topological polar surface area (TPSA) is 83.6 Å². The van der Waals surface area contributed by atoms with E-state index in [1.54, 1.807) is 0 Å². The minimum Gasteiger partial charge on any atom is -0.480 e. The minimum atomic E-state index is -4.44. The van der Waals surface area contributed by atoms with E-state index in [-0.39, 0.29) is 23.6 Å². The number of nitrogens with two attached hydrogens (primary N) is 1. The summed E-state index contributed by atoms with van der Waals surface area (Å²) in [5, 5.41) is 9.41. The Balaban J connectivity index is 1.80. The fourth-order valence-corrected chi connectivity index (χ4v) is 5.42. The minimum absolute atomic E-state index is 0.0157. The van der Waals surface area contributed by atoms with E-state index in [2.05, 4.69) is 0 Å². The quantitative estimate of drug-likeness (QED) is 0.782. The number of amides is 1. The molecule has 0 aliphatic carbocycles. The Morgan fingerprint density at radius 2 is 2.00 bits per heavy atom. The average Bonchev–Trinajstić information content (AvgIpc) is 2.53. The van der Waals surface area contributed by atoms with Crippen molar-refractivity contribution in [1.82, 2.24) is 4.90 Å². The third-order valence-corrected chi connectivity index (χ3v) is 7.06. The number of nitrogens with zero attached hydrogens (tertiary/aromatic N) is 1. The molecule has 0 spiro atoms. The molecule has 1 aromatic rings. The SMILES string of the molecule is NC1C(=O)N2CC(Sc3ccc(C(F)(F)F)cc3)(C(=O)O)CS[C@H]12. The van der Waals surface area contributed by atoms with Crippen LogP contribution in [0.25, 0.3) is 0 Å². The average molecular weight is 378 g/mol. The highest BCUT2D eigenvalue weighted by molar-refractivity contribution is 8.05. The Hall–Kier alpha value is -1.39. The van der Waals surface area contributed by atoms with Crippen molar-refractivity contribution in [2.45, 2.75) is 27.2 Å². The second-order valence-corrected chi connectivity index (χ2v) is 8.18. The van der Waals surface area contributed by atoms with E-state index in [1.807, 2.05) is 0 Å². The van der Waals surface area contributed by atoms with Crippen LogP contribution in [0.1, 0.15) is 5.56 Å².